The second-order valence-electron chi connectivity index (χ2n) is 9.40. The van der Waals surface area contributed by atoms with Gasteiger partial charge < -0.3 is 19.1 Å². The van der Waals surface area contributed by atoms with Gasteiger partial charge in [0, 0.05) is 55.5 Å². The van der Waals surface area contributed by atoms with Crippen LogP contribution in [0.5, 0.6) is 0 Å². The summed E-state index contributed by atoms with van der Waals surface area (Å²) in [6.45, 7) is 10.1. The van der Waals surface area contributed by atoms with Crippen molar-refractivity contribution in [3.63, 3.8) is 0 Å². The number of fused-ring (bicyclic) bond motifs is 1. The highest BCUT2D eigenvalue weighted by Crippen LogP contribution is 2.32. The van der Waals surface area contributed by atoms with Gasteiger partial charge in [0.25, 0.3) is 0 Å². The topological polar surface area (TPSA) is 71.9 Å². The molecule has 1 amide bonds. The molecule has 7 nitrogen and oxygen atoms in total. The Labute approximate surface area is 199 Å². The second-order valence-corrected chi connectivity index (χ2v) is 11.3. The third kappa shape index (κ3) is 4.75. The van der Waals surface area contributed by atoms with Crippen LogP contribution < -0.4 is 4.90 Å². The number of carbonyl (C=O) groups excluding carboxylic acids is 1. The summed E-state index contributed by atoms with van der Waals surface area (Å²) in [6, 6.07) is 11.0. The van der Waals surface area contributed by atoms with E-state index in [1.165, 1.54) is 12.1 Å². The Hall–Kier alpha value is -3.07. The highest BCUT2D eigenvalue weighted by atomic mass is 32.2. The second kappa shape index (κ2) is 8.94. The molecule has 0 saturated carbocycles. The van der Waals surface area contributed by atoms with E-state index in [4.69, 9.17) is 4.74 Å². The maximum atomic E-state index is 14.0. The average molecular weight is 488 g/mol. The van der Waals surface area contributed by atoms with Crippen molar-refractivity contribution in [2.24, 2.45) is 0 Å². The number of nitrogens with zero attached hydrogens (tertiary/aromatic N) is 3. The van der Waals surface area contributed by atoms with Crippen molar-refractivity contribution in [2.45, 2.75) is 49.6 Å². The van der Waals surface area contributed by atoms with E-state index in [2.05, 4.69) is 4.90 Å². The first-order chi connectivity index (χ1) is 16.0. The highest BCUT2D eigenvalue weighted by Gasteiger charge is 2.28. The van der Waals surface area contributed by atoms with Crippen LogP contribution in [0, 0.1) is 5.82 Å². The van der Waals surface area contributed by atoms with Crippen LogP contribution in [0.4, 0.5) is 14.9 Å². The first-order valence-electron chi connectivity index (χ1n) is 11.4. The summed E-state index contributed by atoms with van der Waals surface area (Å²) >= 11 is 0. The molecule has 0 radical (unpaired) electrons. The summed E-state index contributed by atoms with van der Waals surface area (Å²) in [5.74, 6) is -0.477. The van der Waals surface area contributed by atoms with Crippen LogP contribution >= 0.6 is 0 Å². The number of aromatic nitrogens is 1. The molecule has 0 N–H and O–H groups in total. The van der Waals surface area contributed by atoms with E-state index in [1.54, 1.807) is 39.9 Å². The molecule has 4 rings (SSSR count). The standard InChI is InChI=1S/C25H30FN3O4S/c1-5-27-17-23(21-15-18(26)9-10-22(21)27)34(31,32)20-8-6-7-19(16-20)28-11-13-29(14-12-28)24(30)33-25(2,3)4/h6-10,15-17H,5,11-14H2,1-4H3. The summed E-state index contributed by atoms with van der Waals surface area (Å²) in [4.78, 5) is 16.3. The molecule has 1 fully saturated rings. The number of piperazine rings is 1. The number of anilines is 1. The lowest BCUT2D eigenvalue weighted by Gasteiger charge is -2.36. The maximum Gasteiger partial charge on any atom is 0.410 e. The highest BCUT2D eigenvalue weighted by molar-refractivity contribution is 7.91. The number of hydrogen-bond acceptors (Lipinski definition) is 5. The number of hydrogen-bond donors (Lipinski definition) is 0. The van der Waals surface area contributed by atoms with Gasteiger partial charge in [0.05, 0.1) is 9.79 Å². The van der Waals surface area contributed by atoms with E-state index in [-0.39, 0.29) is 15.9 Å². The van der Waals surface area contributed by atoms with Crippen LogP contribution in [0.15, 0.2) is 58.5 Å². The van der Waals surface area contributed by atoms with E-state index >= 15 is 0 Å². The molecule has 1 aliphatic rings. The van der Waals surface area contributed by atoms with E-state index in [0.717, 1.165) is 5.69 Å². The number of halogens is 1. The number of ether oxygens (including phenoxy) is 1. The first kappa shape index (κ1) is 24.1. The fourth-order valence-corrected chi connectivity index (χ4v) is 5.67. The minimum atomic E-state index is -3.88. The smallest absolute Gasteiger partial charge is 0.410 e. The zero-order valence-corrected chi connectivity index (χ0v) is 20.7. The number of aryl methyl sites for hydroxylation is 1. The zero-order chi connectivity index (χ0) is 24.7. The van der Waals surface area contributed by atoms with Crippen LogP contribution in [-0.4, -0.2) is 55.8 Å². The molecular formula is C25H30FN3O4S. The van der Waals surface area contributed by atoms with Crippen molar-refractivity contribution in [2.75, 3.05) is 31.1 Å². The lowest BCUT2D eigenvalue weighted by Crippen LogP contribution is -2.50. The fourth-order valence-electron chi connectivity index (χ4n) is 4.16. The number of rotatable bonds is 4. The predicted molar refractivity (Wildman–Crippen MR) is 129 cm³/mol. The third-order valence-electron chi connectivity index (χ3n) is 5.86. The molecule has 34 heavy (non-hydrogen) atoms. The minimum Gasteiger partial charge on any atom is -0.444 e. The van der Waals surface area contributed by atoms with E-state index in [1.807, 2.05) is 33.8 Å². The molecule has 0 atom stereocenters. The lowest BCUT2D eigenvalue weighted by molar-refractivity contribution is 0.0240. The van der Waals surface area contributed by atoms with Gasteiger partial charge >= 0.3 is 6.09 Å². The largest absolute Gasteiger partial charge is 0.444 e. The molecule has 0 unspecified atom stereocenters. The SMILES string of the molecule is CCn1cc(S(=O)(=O)c2cccc(N3CCN(C(=O)OC(C)(C)C)CC3)c2)c2cc(F)ccc21. The summed E-state index contributed by atoms with van der Waals surface area (Å²) in [5.41, 5.74) is 0.882. The molecule has 2 aromatic carbocycles. The van der Waals surface area contributed by atoms with Crippen molar-refractivity contribution in [3.05, 3.63) is 54.5 Å². The monoisotopic (exact) mass is 487 g/mol. The summed E-state index contributed by atoms with van der Waals surface area (Å²) in [6.07, 6.45) is 1.23. The molecule has 0 spiro atoms. The Bertz CT molecular complexity index is 1320. The molecule has 0 aliphatic carbocycles. The molecule has 1 aliphatic heterocycles. The van der Waals surface area contributed by atoms with Crippen LogP contribution in [0.25, 0.3) is 10.9 Å². The summed E-state index contributed by atoms with van der Waals surface area (Å²) in [7, 11) is -3.88. The predicted octanol–water partition coefficient (Wildman–Crippen LogP) is 4.69. The van der Waals surface area contributed by atoms with Crippen LogP contribution in [0.2, 0.25) is 0 Å². The zero-order valence-electron chi connectivity index (χ0n) is 19.9. The minimum absolute atomic E-state index is 0.0933. The third-order valence-corrected chi connectivity index (χ3v) is 7.64. The van der Waals surface area contributed by atoms with Gasteiger partial charge in [-0.15, -0.1) is 0 Å². The van der Waals surface area contributed by atoms with Gasteiger partial charge in [0.2, 0.25) is 9.84 Å². The van der Waals surface area contributed by atoms with E-state index < -0.39 is 21.3 Å². The lowest BCUT2D eigenvalue weighted by atomic mass is 10.2. The van der Waals surface area contributed by atoms with Crippen molar-refractivity contribution in [1.82, 2.24) is 9.47 Å². The number of benzene rings is 2. The molecular weight excluding hydrogens is 457 g/mol. The van der Waals surface area contributed by atoms with Gasteiger partial charge in [-0.25, -0.2) is 17.6 Å². The Morgan fingerprint density at radius 3 is 2.41 bits per heavy atom. The van der Waals surface area contributed by atoms with E-state index in [0.29, 0.717) is 43.6 Å². The molecule has 1 saturated heterocycles. The number of carbonyl (C=O) groups is 1. The molecule has 9 heteroatoms. The summed E-state index contributed by atoms with van der Waals surface area (Å²) < 4.78 is 48.4. The average Bonchev–Trinajstić information content (AvgIpc) is 3.16. The van der Waals surface area contributed by atoms with Gasteiger partial charge in [0.1, 0.15) is 11.4 Å². The number of amides is 1. The Morgan fingerprint density at radius 2 is 1.76 bits per heavy atom. The van der Waals surface area contributed by atoms with Crippen molar-refractivity contribution < 1.29 is 22.3 Å². The number of sulfone groups is 1. The van der Waals surface area contributed by atoms with Gasteiger partial charge in [-0.3, -0.25) is 0 Å². The van der Waals surface area contributed by atoms with Gasteiger partial charge in [-0.1, -0.05) is 6.07 Å². The molecule has 3 aromatic rings. The first-order valence-corrected chi connectivity index (χ1v) is 12.8. The normalized spacial score (nSPS) is 15.1. The molecule has 182 valence electrons. The van der Waals surface area contributed by atoms with Crippen LogP contribution in [-0.2, 0) is 21.1 Å². The van der Waals surface area contributed by atoms with E-state index in [9.17, 15) is 17.6 Å². The van der Waals surface area contributed by atoms with Crippen molar-refractivity contribution >= 4 is 32.5 Å². The van der Waals surface area contributed by atoms with Crippen LogP contribution in [0.3, 0.4) is 0 Å². The quantitative estimate of drug-likeness (QED) is 0.534. The Morgan fingerprint density at radius 1 is 1.06 bits per heavy atom. The summed E-state index contributed by atoms with van der Waals surface area (Å²) in [5, 5.41) is 0.373. The van der Waals surface area contributed by atoms with Crippen molar-refractivity contribution in [1.29, 1.82) is 0 Å². The van der Waals surface area contributed by atoms with Gasteiger partial charge in [-0.2, -0.15) is 0 Å². The Kier molecular flexibility index (Phi) is 6.33. The molecule has 2 heterocycles. The molecule has 1 aromatic heterocycles. The maximum absolute atomic E-state index is 14.0. The van der Waals surface area contributed by atoms with Crippen LogP contribution in [0.1, 0.15) is 27.7 Å². The Balaban J connectivity index is 1.58. The van der Waals surface area contributed by atoms with Gasteiger partial charge in [-0.05, 0) is 64.1 Å². The van der Waals surface area contributed by atoms with Crippen molar-refractivity contribution in [3.8, 4) is 0 Å². The van der Waals surface area contributed by atoms with Gasteiger partial charge in [0.15, 0.2) is 0 Å². The fraction of sp³-hybridized carbons (Fsp3) is 0.400. The molecule has 0 bridgehead atoms.